The minimum Gasteiger partial charge on any atom is -0.393 e. The summed E-state index contributed by atoms with van der Waals surface area (Å²) in [5.74, 6) is 0.723. The van der Waals surface area contributed by atoms with E-state index in [4.69, 9.17) is 0 Å². The first-order chi connectivity index (χ1) is 9.31. The van der Waals surface area contributed by atoms with Crippen LogP contribution < -0.4 is 0 Å². The highest BCUT2D eigenvalue weighted by Crippen LogP contribution is 2.27. The number of fused-ring (bicyclic) bond motifs is 1. The summed E-state index contributed by atoms with van der Waals surface area (Å²) in [7, 11) is 0. The molecule has 0 saturated heterocycles. The van der Waals surface area contributed by atoms with Gasteiger partial charge in [-0.25, -0.2) is 4.98 Å². The summed E-state index contributed by atoms with van der Waals surface area (Å²) >= 11 is 1.64. The molecule has 1 N–H and O–H groups in total. The summed E-state index contributed by atoms with van der Waals surface area (Å²) in [6.07, 6.45) is 13.5. The quantitative estimate of drug-likeness (QED) is 0.867. The van der Waals surface area contributed by atoms with Crippen LogP contribution in [0.1, 0.15) is 50.6 Å². The van der Waals surface area contributed by atoms with E-state index in [1.54, 1.807) is 11.3 Å². The molecule has 104 valence electrons. The molecule has 0 aromatic carbocycles. The molecule has 3 nitrogen and oxygen atoms in total. The van der Waals surface area contributed by atoms with Crippen molar-refractivity contribution in [3.05, 3.63) is 23.5 Å². The predicted molar refractivity (Wildman–Crippen MR) is 78.6 cm³/mol. The van der Waals surface area contributed by atoms with Gasteiger partial charge in [0.2, 0.25) is 0 Å². The van der Waals surface area contributed by atoms with Gasteiger partial charge in [-0.2, -0.15) is 0 Å². The first-order valence-electron chi connectivity index (χ1n) is 7.40. The van der Waals surface area contributed by atoms with Crippen molar-refractivity contribution < 1.29 is 5.11 Å². The molecule has 0 radical (unpaired) electrons. The Morgan fingerprint density at radius 3 is 2.84 bits per heavy atom. The molecule has 0 aliphatic heterocycles. The third-order valence-corrected chi connectivity index (χ3v) is 4.94. The first-order valence-corrected chi connectivity index (χ1v) is 8.28. The van der Waals surface area contributed by atoms with Gasteiger partial charge in [-0.3, -0.25) is 4.40 Å². The Morgan fingerprint density at radius 2 is 2.11 bits per heavy atom. The van der Waals surface area contributed by atoms with Crippen molar-refractivity contribution in [1.82, 2.24) is 9.38 Å². The largest absolute Gasteiger partial charge is 0.393 e. The minimum atomic E-state index is -0.229. The normalized spacial score (nSPS) is 19.6. The number of nitrogens with zero attached hydrogens (tertiary/aromatic N) is 2. The summed E-state index contributed by atoms with van der Waals surface area (Å²) in [5, 5.41) is 12.3. The summed E-state index contributed by atoms with van der Waals surface area (Å²) in [6, 6.07) is 0. The van der Waals surface area contributed by atoms with Gasteiger partial charge >= 0.3 is 0 Å². The molecule has 0 bridgehead atoms. The average molecular weight is 278 g/mol. The van der Waals surface area contributed by atoms with E-state index in [1.165, 1.54) is 38.5 Å². The Hall–Kier alpha value is -0.870. The van der Waals surface area contributed by atoms with Crippen molar-refractivity contribution in [2.45, 2.75) is 57.5 Å². The van der Waals surface area contributed by atoms with Gasteiger partial charge in [-0.05, 0) is 12.3 Å². The highest BCUT2D eigenvalue weighted by molar-refractivity contribution is 7.15. The number of aliphatic hydroxyl groups is 1. The van der Waals surface area contributed by atoms with Crippen LogP contribution in [0.4, 0.5) is 0 Å². The SMILES string of the molecule is OC(Cc1cn2ccsc2n1)CC1CCCCCC1. The van der Waals surface area contributed by atoms with Gasteiger partial charge in [0.25, 0.3) is 0 Å². The maximum Gasteiger partial charge on any atom is 0.193 e. The molecule has 2 heterocycles. The highest BCUT2D eigenvalue weighted by atomic mass is 32.1. The number of aromatic nitrogens is 2. The third kappa shape index (κ3) is 3.37. The maximum atomic E-state index is 10.3. The van der Waals surface area contributed by atoms with Crippen molar-refractivity contribution in [3.63, 3.8) is 0 Å². The predicted octanol–water partition coefficient (Wildman–Crippen LogP) is 3.66. The van der Waals surface area contributed by atoms with Crippen LogP contribution in [0.25, 0.3) is 4.96 Å². The monoisotopic (exact) mass is 278 g/mol. The second-order valence-electron chi connectivity index (χ2n) is 5.78. The summed E-state index contributed by atoms with van der Waals surface area (Å²) < 4.78 is 2.04. The lowest BCUT2D eigenvalue weighted by Crippen LogP contribution is -2.16. The third-order valence-electron chi connectivity index (χ3n) is 4.17. The Labute approximate surface area is 118 Å². The van der Waals surface area contributed by atoms with Crippen molar-refractivity contribution in [1.29, 1.82) is 0 Å². The van der Waals surface area contributed by atoms with E-state index in [0.717, 1.165) is 23.0 Å². The molecule has 0 spiro atoms. The number of thiazole rings is 1. The number of hydrogen-bond acceptors (Lipinski definition) is 3. The molecule has 1 atom stereocenters. The Morgan fingerprint density at radius 1 is 1.32 bits per heavy atom. The zero-order valence-electron chi connectivity index (χ0n) is 11.3. The molecule has 2 aromatic heterocycles. The van der Waals surface area contributed by atoms with Gasteiger partial charge in [0.1, 0.15) is 0 Å². The molecular formula is C15H22N2OS. The van der Waals surface area contributed by atoms with E-state index < -0.39 is 0 Å². The molecule has 4 heteroatoms. The zero-order chi connectivity index (χ0) is 13.1. The fourth-order valence-electron chi connectivity index (χ4n) is 3.18. The zero-order valence-corrected chi connectivity index (χ0v) is 12.1. The molecule has 0 amide bonds. The number of imidazole rings is 1. The van der Waals surface area contributed by atoms with Gasteiger partial charge in [0.15, 0.2) is 4.96 Å². The van der Waals surface area contributed by atoms with Crippen molar-refractivity contribution in [2.75, 3.05) is 0 Å². The van der Waals surface area contributed by atoms with E-state index in [2.05, 4.69) is 4.98 Å². The summed E-state index contributed by atoms with van der Waals surface area (Å²) in [4.78, 5) is 5.57. The maximum absolute atomic E-state index is 10.3. The van der Waals surface area contributed by atoms with Crippen molar-refractivity contribution in [3.8, 4) is 0 Å². The van der Waals surface area contributed by atoms with E-state index in [-0.39, 0.29) is 6.10 Å². The Bertz CT molecular complexity index is 482. The van der Waals surface area contributed by atoms with E-state index in [0.29, 0.717) is 6.42 Å². The average Bonchev–Trinajstić information content (AvgIpc) is 2.83. The Kier molecular flexibility index (Phi) is 4.18. The van der Waals surface area contributed by atoms with Crippen molar-refractivity contribution >= 4 is 16.3 Å². The van der Waals surface area contributed by atoms with E-state index in [1.807, 2.05) is 22.2 Å². The summed E-state index contributed by atoms with van der Waals surface area (Å²) in [6.45, 7) is 0. The highest BCUT2D eigenvalue weighted by Gasteiger charge is 2.17. The molecule has 1 aliphatic rings. The molecule has 1 aliphatic carbocycles. The second kappa shape index (κ2) is 6.06. The lowest BCUT2D eigenvalue weighted by Gasteiger charge is -2.17. The van der Waals surface area contributed by atoms with Crippen LogP contribution in [0.15, 0.2) is 17.8 Å². The van der Waals surface area contributed by atoms with Crippen molar-refractivity contribution in [2.24, 2.45) is 5.92 Å². The fourth-order valence-corrected chi connectivity index (χ4v) is 3.90. The van der Waals surface area contributed by atoms with E-state index >= 15 is 0 Å². The topological polar surface area (TPSA) is 37.5 Å². The molecule has 1 saturated carbocycles. The lowest BCUT2D eigenvalue weighted by atomic mass is 9.92. The van der Waals surface area contributed by atoms with Crippen LogP contribution in [-0.2, 0) is 6.42 Å². The van der Waals surface area contributed by atoms with Crippen LogP contribution in [0.3, 0.4) is 0 Å². The molecular weight excluding hydrogens is 256 g/mol. The van der Waals surface area contributed by atoms with E-state index in [9.17, 15) is 5.11 Å². The van der Waals surface area contributed by atoms with Crippen LogP contribution in [0.5, 0.6) is 0 Å². The molecule has 19 heavy (non-hydrogen) atoms. The number of aliphatic hydroxyl groups excluding tert-OH is 1. The molecule has 2 aromatic rings. The fraction of sp³-hybridized carbons (Fsp3) is 0.667. The van der Waals surface area contributed by atoms with Crippen LogP contribution >= 0.6 is 11.3 Å². The van der Waals surface area contributed by atoms with Crippen LogP contribution in [0.2, 0.25) is 0 Å². The Balaban J connectivity index is 1.55. The van der Waals surface area contributed by atoms with Crippen LogP contribution in [0, 0.1) is 5.92 Å². The molecule has 1 fully saturated rings. The van der Waals surface area contributed by atoms with Gasteiger partial charge in [0, 0.05) is 24.2 Å². The number of hydrogen-bond donors (Lipinski definition) is 1. The lowest BCUT2D eigenvalue weighted by molar-refractivity contribution is 0.137. The standard InChI is InChI=1S/C15H22N2OS/c18-14(9-12-5-3-1-2-4-6-12)10-13-11-17-7-8-19-15(17)16-13/h7-8,11-12,14,18H,1-6,9-10H2. The van der Waals surface area contributed by atoms with Gasteiger partial charge in [-0.1, -0.05) is 38.5 Å². The van der Waals surface area contributed by atoms with Gasteiger partial charge in [0.05, 0.1) is 11.8 Å². The second-order valence-corrected chi connectivity index (χ2v) is 6.65. The first kappa shape index (κ1) is 13.1. The minimum absolute atomic E-state index is 0.229. The summed E-state index contributed by atoms with van der Waals surface area (Å²) in [5.41, 5.74) is 1.02. The molecule has 1 unspecified atom stereocenters. The van der Waals surface area contributed by atoms with Gasteiger partial charge in [-0.15, -0.1) is 11.3 Å². The smallest absolute Gasteiger partial charge is 0.193 e. The molecule has 3 rings (SSSR count). The number of rotatable bonds is 4. The van der Waals surface area contributed by atoms with Gasteiger partial charge < -0.3 is 5.11 Å². The van der Waals surface area contributed by atoms with Crippen LogP contribution in [-0.4, -0.2) is 20.6 Å².